The number of amides is 1. The average Bonchev–Trinajstić information content (AvgIpc) is 2.91. The highest BCUT2D eigenvalue weighted by molar-refractivity contribution is 5.82. The second-order valence-corrected chi connectivity index (χ2v) is 6.31. The number of nitrogens with one attached hydrogen (secondary N) is 1. The fourth-order valence-corrected chi connectivity index (χ4v) is 2.68. The van der Waals surface area contributed by atoms with Crippen LogP contribution in [0.2, 0.25) is 0 Å². The van der Waals surface area contributed by atoms with E-state index in [4.69, 9.17) is 4.84 Å². The van der Waals surface area contributed by atoms with E-state index in [1.54, 1.807) is 0 Å². The van der Waals surface area contributed by atoms with Crippen molar-refractivity contribution in [2.75, 3.05) is 0 Å². The molecule has 0 bridgehead atoms. The minimum Gasteiger partial charge on any atom is -0.272 e. The SMILES string of the molecule is CC(C)=C[C@H]1[C@H](C(=O)NOCc2ccccc2)C1(C)C. The first-order valence-electron chi connectivity index (χ1n) is 7.03. The third-order valence-electron chi connectivity index (χ3n) is 3.96. The van der Waals surface area contributed by atoms with Crippen LogP contribution in [0.15, 0.2) is 42.0 Å². The second kappa shape index (κ2) is 5.80. The molecule has 0 aromatic heterocycles. The van der Waals surface area contributed by atoms with Gasteiger partial charge in [-0.05, 0) is 30.7 Å². The number of carbonyl (C=O) groups excluding carboxylic acids is 1. The zero-order chi connectivity index (χ0) is 14.8. The van der Waals surface area contributed by atoms with E-state index in [0.717, 1.165) is 5.56 Å². The van der Waals surface area contributed by atoms with E-state index in [9.17, 15) is 4.79 Å². The molecular weight excluding hydrogens is 250 g/mol. The Labute approximate surface area is 121 Å². The number of carbonyl (C=O) groups is 1. The van der Waals surface area contributed by atoms with E-state index in [1.165, 1.54) is 5.57 Å². The summed E-state index contributed by atoms with van der Waals surface area (Å²) < 4.78 is 0. The van der Waals surface area contributed by atoms with Crippen molar-refractivity contribution in [1.82, 2.24) is 5.48 Å². The Kier molecular flexibility index (Phi) is 4.29. The van der Waals surface area contributed by atoms with Crippen molar-refractivity contribution in [3.05, 3.63) is 47.5 Å². The van der Waals surface area contributed by atoms with E-state index in [0.29, 0.717) is 12.5 Å². The Morgan fingerprint density at radius 2 is 1.95 bits per heavy atom. The van der Waals surface area contributed by atoms with Crippen molar-refractivity contribution in [2.45, 2.75) is 34.3 Å². The highest BCUT2D eigenvalue weighted by Crippen LogP contribution is 2.59. The lowest BCUT2D eigenvalue weighted by Crippen LogP contribution is -2.27. The first kappa shape index (κ1) is 14.8. The average molecular weight is 273 g/mol. The molecule has 20 heavy (non-hydrogen) atoms. The normalized spacial score (nSPS) is 23.0. The van der Waals surface area contributed by atoms with Crippen LogP contribution in [0, 0.1) is 17.3 Å². The van der Waals surface area contributed by atoms with Crippen molar-refractivity contribution in [1.29, 1.82) is 0 Å². The fraction of sp³-hybridized carbons (Fsp3) is 0.471. The van der Waals surface area contributed by atoms with E-state index >= 15 is 0 Å². The van der Waals surface area contributed by atoms with Crippen LogP contribution in [0.25, 0.3) is 0 Å². The Bertz CT molecular complexity index is 501. The monoisotopic (exact) mass is 273 g/mol. The van der Waals surface area contributed by atoms with Gasteiger partial charge in [-0.25, -0.2) is 5.48 Å². The summed E-state index contributed by atoms with van der Waals surface area (Å²) in [4.78, 5) is 17.4. The van der Waals surface area contributed by atoms with Gasteiger partial charge in [0.05, 0.1) is 12.5 Å². The summed E-state index contributed by atoms with van der Waals surface area (Å²) in [6.45, 7) is 8.77. The van der Waals surface area contributed by atoms with Gasteiger partial charge in [0, 0.05) is 0 Å². The van der Waals surface area contributed by atoms with Gasteiger partial charge in [0.15, 0.2) is 0 Å². The first-order chi connectivity index (χ1) is 9.43. The molecule has 2 atom stereocenters. The van der Waals surface area contributed by atoms with Gasteiger partial charge in [-0.1, -0.05) is 55.8 Å². The van der Waals surface area contributed by atoms with Crippen LogP contribution >= 0.6 is 0 Å². The molecule has 1 aliphatic carbocycles. The number of benzene rings is 1. The summed E-state index contributed by atoms with van der Waals surface area (Å²) in [5, 5.41) is 0. The second-order valence-electron chi connectivity index (χ2n) is 6.31. The number of hydrogen-bond acceptors (Lipinski definition) is 2. The van der Waals surface area contributed by atoms with Crippen LogP contribution in [0.1, 0.15) is 33.3 Å². The molecule has 1 aromatic rings. The largest absolute Gasteiger partial charge is 0.272 e. The summed E-state index contributed by atoms with van der Waals surface area (Å²) in [7, 11) is 0. The molecule has 2 rings (SSSR count). The molecule has 3 heteroatoms. The smallest absolute Gasteiger partial charge is 0.247 e. The molecule has 1 saturated carbocycles. The molecular formula is C17H23NO2. The maximum atomic E-state index is 12.1. The summed E-state index contributed by atoms with van der Waals surface area (Å²) in [5.41, 5.74) is 4.91. The van der Waals surface area contributed by atoms with Crippen molar-refractivity contribution in [2.24, 2.45) is 17.3 Å². The molecule has 1 fully saturated rings. The number of hydroxylamine groups is 1. The van der Waals surface area contributed by atoms with Gasteiger partial charge in [0.2, 0.25) is 5.91 Å². The van der Waals surface area contributed by atoms with Crippen molar-refractivity contribution in [3.63, 3.8) is 0 Å². The summed E-state index contributed by atoms with van der Waals surface area (Å²) in [6.07, 6.45) is 2.18. The molecule has 108 valence electrons. The first-order valence-corrected chi connectivity index (χ1v) is 7.03. The van der Waals surface area contributed by atoms with Crippen molar-refractivity contribution < 1.29 is 9.63 Å². The molecule has 1 aliphatic rings. The Balaban J connectivity index is 1.83. The molecule has 1 amide bonds. The predicted molar refractivity (Wildman–Crippen MR) is 79.6 cm³/mol. The van der Waals surface area contributed by atoms with Crippen LogP contribution in [0.3, 0.4) is 0 Å². The standard InChI is InChI=1S/C17H23NO2/c1-12(2)10-14-15(17(14,3)4)16(19)18-20-11-13-8-6-5-7-9-13/h5-10,14-15H,11H2,1-4H3,(H,18,19)/t14-,15+/m0/s1. The highest BCUT2D eigenvalue weighted by atomic mass is 16.6. The van der Waals surface area contributed by atoms with Crippen LogP contribution in [0.4, 0.5) is 0 Å². The maximum Gasteiger partial charge on any atom is 0.247 e. The minimum absolute atomic E-state index is 0.00757. The van der Waals surface area contributed by atoms with Crippen LogP contribution in [-0.4, -0.2) is 5.91 Å². The van der Waals surface area contributed by atoms with Gasteiger partial charge in [0.25, 0.3) is 0 Å². The zero-order valence-corrected chi connectivity index (χ0v) is 12.6. The molecule has 0 saturated heterocycles. The molecule has 0 radical (unpaired) electrons. The van der Waals surface area contributed by atoms with E-state index < -0.39 is 0 Å². The number of hydrogen-bond donors (Lipinski definition) is 1. The van der Waals surface area contributed by atoms with Gasteiger partial charge in [-0.2, -0.15) is 0 Å². The molecule has 0 heterocycles. The maximum absolute atomic E-state index is 12.1. The summed E-state index contributed by atoms with van der Waals surface area (Å²) in [6, 6.07) is 9.81. The topological polar surface area (TPSA) is 38.3 Å². The van der Waals surface area contributed by atoms with Crippen LogP contribution in [-0.2, 0) is 16.2 Å². The Morgan fingerprint density at radius 1 is 1.30 bits per heavy atom. The molecule has 0 unspecified atom stereocenters. The van der Waals surface area contributed by atoms with Gasteiger partial charge >= 0.3 is 0 Å². The van der Waals surface area contributed by atoms with E-state index in [1.807, 2.05) is 30.3 Å². The van der Waals surface area contributed by atoms with E-state index in [-0.39, 0.29) is 17.2 Å². The lowest BCUT2D eigenvalue weighted by molar-refractivity contribution is -0.136. The minimum atomic E-state index is -0.0200. The van der Waals surface area contributed by atoms with Gasteiger partial charge in [-0.15, -0.1) is 0 Å². The predicted octanol–water partition coefficient (Wildman–Crippen LogP) is 3.47. The van der Waals surface area contributed by atoms with Gasteiger partial charge in [-0.3, -0.25) is 9.63 Å². The van der Waals surface area contributed by atoms with Gasteiger partial charge in [0.1, 0.15) is 0 Å². The lowest BCUT2D eigenvalue weighted by atomic mass is 10.1. The molecule has 1 N–H and O–H groups in total. The number of allylic oxidation sites excluding steroid dienone is 2. The molecule has 0 spiro atoms. The summed E-state index contributed by atoms with van der Waals surface area (Å²) >= 11 is 0. The van der Waals surface area contributed by atoms with Crippen LogP contribution in [0.5, 0.6) is 0 Å². The van der Waals surface area contributed by atoms with Gasteiger partial charge < -0.3 is 0 Å². The Morgan fingerprint density at radius 3 is 2.55 bits per heavy atom. The van der Waals surface area contributed by atoms with Crippen LogP contribution < -0.4 is 5.48 Å². The fourth-order valence-electron chi connectivity index (χ4n) is 2.68. The lowest BCUT2D eigenvalue weighted by Gasteiger charge is -2.06. The summed E-state index contributed by atoms with van der Waals surface area (Å²) in [5.74, 6) is 0.300. The quantitative estimate of drug-likeness (QED) is 0.659. The zero-order valence-electron chi connectivity index (χ0n) is 12.6. The highest BCUT2D eigenvalue weighted by Gasteiger charge is 2.60. The van der Waals surface area contributed by atoms with Crippen molar-refractivity contribution in [3.8, 4) is 0 Å². The third-order valence-corrected chi connectivity index (χ3v) is 3.96. The van der Waals surface area contributed by atoms with E-state index in [2.05, 4.69) is 39.3 Å². The molecule has 0 aliphatic heterocycles. The molecule has 3 nitrogen and oxygen atoms in total. The number of rotatable bonds is 5. The van der Waals surface area contributed by atoms with Crippen molar-refractivity contribution >= 4 is 5.91 Å². The Hall–Kier alpha value is -1.61. The molecule has 1 aromatic carbocycles. The third kappa shape index (κ3) is 3.28.